The summed E-state index contributed by atoms with van der Waals surface area (Å²) in [6.45, 7) is 3.64. The molecule has 0 aliphatic carbocycles. The highest BCUT2D eigenvalue weighted by Gasteiger charge is 2.05. The first-order valence-electron chi connectivity index (χ1n) is 4.80. The predicted octanol–water partition coefficient (Wildman–Crippen LogP) is 0.788. The highest BCUT2D eigenvalue weighted by Crippen LogP contribution is 2.10. The third-order valence-electron chi connectivity index (χ3n) is 2.01. The van der Waals surface area contributed by atoms with Crippen molar-refractivity contribution >= 4 is 29.1 Å². The van der Waals surface area contributed by atoms with Crippen molar-refractivity contribution in [2.45, 2.75) is 0 Å². The Morgan fingerprint density at radius 1 is 1.53 bits per heavy atom. The van der Waals surface area contributed by atoms with Crippen molar-refractivity contribution in [2.75, 3.05) is 5.32 Å². The fourth-order valence-electron chi connectivity index (χ4n) is 1.28. The molecule has 0 saturated carbocycles. The van der Waals surface area contributed by atoms with Gasteiger partial charge in [-0.05, 0) is 12.3 Å². The molecule has 0 saturated heterocycles. The molecule has 0 radical (unpaired) electrons. The van der Waals surface area contributed by atoms with E-state index in [4.69, 9.17) is 11.1 Å². The van der Waals surface area contributed by atoms with E-state index in [0.29, 0.717) is 17.1 Å². The molecule has 86 valence electrons. The van der Waals surface area contributed by atoms with E-state index < -0.39 is 0 Å². The second-order valence-corrected chi connectivity index (χ2v) is 3.13. The number of aromatic nitrogens is 4. The Hall–Kier alpha value is -2.70. The number of anilines is 1. The maximum Gasteiger partial charge on any atom is 0.197 e. The SMILES string of the molecule is C=Cn1cnc2ncc(NC(=N)/C=C\N)nc21. The lowest BCUT2D eigenvalue weighted by Crippen LogP contribution is -2.09. The molecule has 0 spiro atoms. The van der Waals surface area contributed by atoms with Gasteiger partial charge in [-0.25, -0.2) is 15.0 Å². The predicted molar refractivity (Wildman–Crippen MR) is 66.4 cm³/mol. The number of imidazole rings is 1. The summed E-state index contributed by atoms with van der Waals surface area (Å²) in [5.41, 5.74) is 6.28. The van der Waals surface area contributed by atoms with Crippen molar-refractivity contribution in [3.05, 3.63) is 31.4 Å². The summed E-state index contributed by atoms with van der Waals surface area (Å²) in [4.78, 5) is 12.4. The quantitative estimate of drug-likeness (QED) is 0.533. The summed E-state index contributed by atoms with van der Waals surface area (Å²) in [7, 11) is 0. The molecule has 4 N–H and O–H groups in total. The van der Waals surface area contributed by atoms with Crippen molar-refractivity contribution in [1.29, 1.82) is 5.41 Å². The number of rotatable bonds is 3. The molecule has 7 heteroatoms. The number of nitrogens with zero attached hydrogens (tertiary/aromatic N) is 4. The molecule has 2 aromatic heterocycles. The highest BCUT2D eigenvalue weighted by molar-refractivity contribution is 6.00. The van der Waals surface area contributed by atoms with Crippen LogP contribution in [-0.4, -0.2) is 25.4 Å². The Balaban J connectivity index is 2.36. The van der Waals surface area contributed by atoms with Gasteiger partial charge in [0.25, 0.3) is 0 Å². The van der Waals surface area contributed by atoms with Crippen LogP contribution in [0.5, 0.6) is 0 Å². The van der Waals surface area contributed by atoms with E-state index in [1.807, 2.05) is 0 Å². The third kappa shape index (κ3) is 2.12. The molecular weight excluding hydrogens is 218 g/mol. The topological polar surface area (TPSA) is 106 Å². The van der Waals surface area contributed by atoms with E-state index in [2.05, 4.69) is 26.8 Å². The van der Waals surface area contributed by atoms with Gasteiger partial charge in [0.15, 0.2) is 17.1 Å². The Morgan fingerprint density at radius 3 is 3.06 bits per heavy atom. The van der Waals surface area contributed by atoms with Crippen LogP contribution in [-0.2, 0) is 0 Å². The molecule has 17 heavy (non-hydrogen) atoms. The Kier molecular flexibility index (Phi) is 2.82. The standard InChI is InChI=1S/C10H11N7/c1-2-17-6-14-9-10(17)16-8(5-13-9)15-7(12)3-4-11/h2-6H,1,11H2,(H2,12,15,16)/b4-3-. The van der Waals surface area contributed by atoms with Crippen LogP contribution in [0.3, 0.4) is 0 Å². The first kappa shape index (κ1) is 10.8. The van der Waals surface area contributed by atoms with Crippen LogP contribution in [0, 0.1) is 5.41 Å². The van der Waals surface area contributed by atoms with Gasteiger partial charge in [0, 0.05) is 6.20 Å². The van der Waals surface area contributed by atoms with Crippen molar-refractivity contribution in [3.63, 3.8) is 0 Å². The first-order chi connectivity index (χ1) is 8.24. The molecule has 0 aliphatic rings. The van der Waals surface area contributed by atoms with E-state index >= 15 is 0 Å². The molecule has 2 rings (SSSR count). The van der Waals surface area contributed by atoms with E-state index in [-0.39, 0.29) is 5.84 Å². The lowest BCUT2D eigenvalue weighted by molar-refractivity contribution is 1.14. The summed E-state index contributed by atoms with van der Waals surface area (Å²) in [6, 6.07) is 0. The molecule has 0 amide bonds. The second kappa shape index (κ2) is 4.44. The monoisotopic (exact) mass is 229 g/mol. The molecule has 0 bridgehead atoms. The number of nitrogens with two attached hydrogens (primary N) is 1. The molecular formula is C10H11N7. The number of hydrogen-bond acceptors (Lipinski definition) is 5. The van der Waals surface area contributed by atoms with Crippen molar-refractivity contribution in [3.8, 4) is 0 Å². The Morgan fingerprint density at radius 2 is 2.35 bits per heavy atom. The van der Waals surface area contributed by atoms with Crippen LogP contribution in [0.15, 0.2) is 31.4 Å². The van der Waals surface area contributed by atoms with Crippen LogP contribution in [0.4, 0.5) is 5.82 Å². The maximum absolute atomic E-state index is 7.51. The van der Waals surface area contributed by atoms with Gasteiger partial charge in [-0.2, -0.15) is 0 Å². The number of nitrogens with one attached hydrogen (secondary N) is 2. The smallest absolute Gasteiger partial charge is 0.197 e. The second-order valence-electron chi connectivity index (χ2n) is 3.13. The van der Waals surface area contributed by atoms with Crippen LogP contribution >= 0.6 is 0 Å². The summed E-state index contributed by atoms with van der Waals surface area (Å²) in [5.74, 6) is 0.579. The molecule has 2 heterocycles. The van der Waals surface area contributed by atoms with Gasteiger partial charge in [-0.1, -0.05) is 6.58 Å². The lowest BCUT2D eigenvalue weighted by atomic mass is 10.5. The Bertz CT molecular complexity index is 596. The molecule has 0 atom stereocenters. The molecule has 0 unspecified atom stereocenters. The van der Waals surface area contributed by atoms with E-state index in [1.54, 1.807) is 17.1 Å². The number of amidine groups is 1. The van der Waals surface area contributed by atoms with E-state index in [9.17, 15) is 0 Å². The molecule has 0 aromatic carbocycles. The number of fused-ring (bicyclic) bond motifs is 1. The van der Waals surface area contributed by atoms with Gasteiger partial charge in [0.05, 0.1) is 6.20 Å². The molecule has 0 aliphatic heterocycles. The molecule has 7 nitrogen and oxygen atoms in total. The Labute approximate surface area is 97.2 Å². The van der Waals surface area contributed by atoms with Gasteiger partial charge in [0.1, 0.15) is 12.2 Å². The van der Waals surface area contributed by atoms with Gasteiger partial charge < -0.3 is 11.1 Å². The van der Waals surface area contributed by atoms with Crippen LogP contribution in [0.1, 0.15) is 0 Å². The fraction of sp³-hybridized carbons (Fsp3) is 0. The average Bonchev–Trinajstić information content (AvgIpc) is 2.71. The summed E-state index contributed by atoms with van der Waals surface area (Å²) in [5, 5.41) is 10.3. The van der Waals surface area contributed by atoms with Crippen molar-refractivity contribution < 1.29 is 0 Å². The van der Waals surface area contributed by atoms with E-state index in [0.717, 1.165) is 0 Å². The average molecular weight is 229 g/mol. The zero-order chi connectivity index (χ0) is 12.3. The zero-order valence-corrected chi connectivity index (χ0v) is 8.96. The summed E-state index contributed by atoms with van der Waals surface area (Å²) >= 11 is 0. The van der Waals surface area contributed by atoms with Crippen molar-refractivity contribution in [2.24, 2.45) is 5.73 Å². The van der Waals surface area contributed by atoms with Crippen LogP contribution in [0.2, 0.25) is 0 Å². The minimum atomic E-state index is 0.130. The normalized spacial score (nSPS) is 10.8. The van der Waals surface area contributed by atoms with Gasteiger partial charge >= 0.3 is 0 Å². The molecule has 0 fully saturated rings. The fourth-order valence-corrected chi connectivity index (χ4v) is 1.28. The maximum atomic E-state index is 7.51. The number of hydrogen-bond donors (Lipinski definition) is 3. The van der Waals surface area contributed by atoms with Crippen molar-refractivity contribution in [1.82, 2.24) is 19.5 Å². The van der Waals surface area contributed by atoms with E-state index in [1.165, 1.54) is 18.5 Å². The lowest BCUT2D eigenvalue weighted by Gasteiger charge is -2.02. The molecule has 2 aromatic rings. The highest BCUT2D eigenvalue weighted by atomic mass is 15.2. The minimum Gasteiger partial charge on any atom is -0.404 e. The third-order valence-corrected chi connectivity index (χ3v) is 2.01. The zero-order valence-electron chi connectivity index (χ0n) is 8.96. The summed E-state index contributed by atoms with van der Waals surface area (Å²) < 4.78 is 1.65. The van der Waals surface area contributed by atoms with Gasteiger partial charge in [-0.3, -0.25) is 9.98 Å². The van der Waals surface area contributed by atoms with Crippen LogP contribution in [0.25, 0.3) is 17.5 Å². The van der Waals surface area contributed by atoms with Gasteiger partial charge in [-0.15, -0.1) is 0 Å². The first-order valence-corrected chi connectivity index (χ1v) is 4.80. The van der Waals surface area contributed by atoms with Gasteiger partial charge in [0.2, 0.25) is 0 Å². The largest absolute Gasteiger partial charge is 0.404 e. The van der Waals surface area contributed by atoms with Crippen LogP contribution < -0.4 is 11.1 Å². The minimum absolute atomic E-state index is 0.130. The summed E-state index contributed by atoms with van der Waals surface area (Å²) in [6.07, 6.45) is 7.35.